The highest BCUT2D eigenvalue weighted by atomic mass is 32.1. The normalized spacial score (nSPS) is 20.3. The molecule has 1 N–H and O–H groups in total. The van der Waals surface area contributed by atoms with Crippen LogP contribution in [0, 0.1) is 17.2 Å². The molecule has 3 aromatic rings. The number of nitrogens with zero attached hydrogens (tertiary/aromatic N) is 5. The van der Waals surface area contributed by atoms with Gasteiger partial charge in [-0.15, -0.1) is 0 Å². The summed E-state index contributed by atoms with van der Waals surface area (Å²) in [5.74, 6) is -0.397. The van der Waals surface area contributed by atoms with Crippen molar-refractivity contribution in [3.05, 3.63) is 88.5 Å². The number of halogens is 3. The van der Waals surface area contributed by atoms with Crippen LogP contribution in [-0.2, 0) is 38.2 Å². The first kappa shape index (κ1) is 43.4. The molecule has 0 aromatic heterocycles. The third-order valence-corrected chi connectivity index (χ3v) is 11.7. The van der Waals surface area contributed by atoms with Gasteiger partial charge in [0.15, 0.2) is 10.9 Å². The highest BCUT2D eigenvalue weighted by Crippen LogP contribution is 2.41. The molecule has 15 heteroatoms. The summed E-state index contributed by atoms with van der Waals surface area (Å²) in [4.78, 5) is 57.9. The molecular weight excluding hydrogens is 782 g/mol. The molecule has 3 amide bonds. The van der Waals surface area contributed by atoms with Crippen LogP contribution in [0.2, 0.25) is 0 Å². The maximum absolute atomic E-state index is 13.8. The zero-order valence-electron chi connectivity index (χ0n) is 33.9. The lowest BCUT2D eigenvalue weighted by molar-refractivity contribution is -0.138. The fourth-order valence-corrected chi connectivity index (χ4v) is 8.63. The average Bonchev–Trinajstić information content (AvgIpc) is 3.35. The molecule has 3 heterocycles. The van der Waals surface area contributed by atoms with Crippen LogP contribution in [0.1, 0.15) is 81.2 Å². The number of imide groups is 1. The Morgan fingerprint density at radius 1 is 1.03 bits per heavy atom. The second-order valence-electron chi connectivity index (χ2n) is 16.4. The molecule has 3 aromatic carbocycles. The molecule has 6 rings (SSSR count). The van der Waals surface area contributed by atoms with Gasteiger partial charge in [0.1, 0.15) is 17.9 Å². The molecule has 3 aliphatic rings. The molecule has 0 bridgehead atoms. The first-order chi connectivity index (χ1) is 27.9. The lowest BCUT2D eigenvalue weighted by atomic mass is 9.90. The number of nitrogens with one attached hydrogen (secondary N) is 1. The first-order valence-corrected chi connectivity index (χ1v) is 20.2. The van der Waals surface area contributed by atoms with E-state index >= 15 is 0 Å². The number of carbonyl (C=O) groups excluding carboxylic acids is 4. The van der Waals surface area contributed by atoms with E-state index in [1.807, 2.05) is 50.2 Å². The van der Waals surface area contributed by atoms with E-state index in [1.54, 1.807) is 30.9 Å². The van der Waals surface area contributed by atoms with E-state index in [9.17, 15) is 37.6 Å². The standard InChI is InChI=1S/C44H49F3N6O5S/c1-27(2)36-22-34(53-42(59)52(41(57)43(53,4)5)33-11-9-32(24-48)37(23-33)44(45,46)47)12-13-38(36)58-18-17-50-15-16-51(28(3)25-50)26-35(54)21-30-8-6-7-29(19-30)20-31-10-14-39(55)49-40(31)56/h6-9,11-13,19,22-23,27-28,31H,10,14-18,20-21,25-26H2,1-5H3,(H,49,55,56)/t28-,31?/m1/s1. The predicted octanol–water partition coefficient (Wildman–Crippen LogP) is 6.41. The first-order valence-electron chi connectivity index (χ1n) is 19.8. The molecule has 3 fully saturated rings. The van der Waals surface area contributed by atoms with Crippen molar-refractivity contribution in [1.82, 2.24) is 15.1 Å². The molecule has 2 atom stereocenters. The molecule has 59 heavy (non-hydrogen) atoms. The number of hydrogen-bond donors (Lipinski definition) is 1. The Labute approximate surface area is 348 Å². The van der Waals surface area contributed by atoms with E-state index in [-0.39, 0.29) is 46.3 Å². The minimum absolute atomic E-state index is 0.0207. The van der Waals surface area contributed by atoms with E-state index in [0.29, 0.717) is 56.8 Å². The Bertz CT molecular complexity index is 2190. The van der Waals surface area contributed by atoms with Crippen LogP contribution < -0.4 is 19.9 Å². The summed E-state index contributed by atoms with van der Waals surface area (Å²) >= 11 is 5.75. The van der Waals surface area contributed by atoms with Gasteiger partial charge in [0.05, 0.1) is 29.4 Å². The van der Waals surface area contributed by atoms with Crippen molar-refractivity contribution in [2.75, 3.05) is 49.1 Å². The van der Waals surface area contributed by atoms with Gasteiger partial charge in [0.25, 0.3) is 5.91 Å². The van der Waals surface area contributed by atoms with Crippen LogP contribution in [0.15, 0.2) is 60.7 Å². The summed E-state index contributed by atoms with van der Waals surface area (Å²) in [5.41, 5.74) is 0.371. The number of amides is 3. The van der Waals surface area contributed by atoms with Crippen LogP contribution in [0.4, 0.5) is 24.5 Å². The maximum atomic E-state index is 13.8. The third kappa shape index (κ3) is 9.67. The molecule has 0 spiro atoms. The molecule has 312 valence electrons. The summed E-state index contributed by atoms with van der Waals surface area (Å²) in [6.45, 7) is 13.2. The van der Waals surface area contributed by atoms with Crippen molar-refractivity contribution in [2.45, 2.75) is 84.0 Å². The van der Waals surface area contributed by atoms with Crippen molar-refractivity contribution >= 4 is 52.2 Å². The van der Waals surface area contributed by atoms with Crippen LogP contribution in [0.25, 0.3) is 0 Å². The van der Waals surface area contributed by atoms with Crippen LogP contribution >= 0.6 is 12.2 Å². The molecule has 1 unspecified atom stereocenters. The Hall–Kier alpha value is -5.17. The van der Waals surface area contributed by atoms with E-state index in [1.165, 1.54) is 6.07 Å². The third-order valence-electron chi connectivity index (χ3n) is 11.4. The molecule has 0 aliphatic carbocycles. The number of benzene rings is 3. The highest BCUT2D eigenvalue weighted by Gasteiger charge is 2.51. The summed E-state index contributed by atoms with van der Waals surface area (Å²) in [6, 6.07) is 18.1. The topological polar surface area (TPSA) is 126 Å². The second-order valence-corrected chi connectivity index (χ2v) is 16.8. The fraction of sp³-hybridized carbons (Fsp3) is 0.455. The number of ketones is 1. The summed E-state index contributed by atoms with van der Waals surface area (Å²) in [6.07, 6.45) is -3.10. The largest absolute Gasteiger partial charge is 0.492 e. The van der Waals surface area contributed by atoms with E-state index in [0.717, 1.165) is 53.4 Å². The summed E-state index contributed by atoms with van der Waals surface area (Å²) < 4.78 is 47.8. The van der Waals surface area contributed by atoms with E-state index < -0.39 is 28.7 Å². The van der Waals surface area contributed by atoms with Gasteiger partial charge in [-0.1, -0.05) is 38.1 Å². The zero-order valence-corrected chi connectivity index (χ0v) is 34.7. The van der Waals surface area contributed by atoms with Gasteiger partial charge in [0, 0.05) is 56.7 Å². The van der Waals surface area contributed by atoms with Gasteiger partial charge in [-0.2, -0.15) is 18.4 Å². The Morgan fingerprint density at radius 3 is 2.44 bits per heavy atom. The minimum Gasteiger partial charge on any atom is -0.492 e. The van der Waals surface area contributed by atoms with E-state index in [4.69, 9.17) is 17.0 Å². The predicted molar refractivity (Wildman–Crippen MR) is 221 cm³/mol. The zero-order chi connectivity index (χ0) is 42.8. The summed E-state index contributed by atoms with van der Waals surface area (Å²) in [5, 5.41) is 11.7. The number of hydrogen-bond acceptors (Lipinski definition) is 9. The second kappa shape index (κ2) is 17.6. The smallest absolute Gasteiger partial charge is 0.417 e. The number of rotatable bonds is 13. The minimum atomic E-state index is -4.80. The number of carbonyl (C=O) groups is 4. The Morgan fingerprint density at radius 2 is 1.76 bits per heavy atom. The lowest BCUT2D eigenvalue weighted by Gasteiger charge is -2.39. The van der Waals surface area contributed by atoms with E-state index in [2.05, 4.69) is 22.0 Å². The van der Waals surface area contributed by atoms with Crippen molar-refractivity contribution in [1.29, 1.82) is 5.26 Å². The van der Waals surface area contributed by atoms with Gasteiger partial charge in [0.2, 0.25) is 11.8 Å². The molecular formula is C44H49F3N6O5S. The number of anilines is 2. The average molecular weight is 831 g/mol. The molecule has 0 radical (unpaired) electrons. The SMILES string of the molecule is CC(C)c1cc(N2C(=S)N(c3ccc(C#N)c(C(F)(F)F)c3)C(=O)C2(C)C)ccc1OCCN1CCN(CC(=O)Cc2cccc(CC3CCC(=O)NC3=O)c2)[C@H](C)C1. The number of thiocarbonyl (C=S) groups is 1. The number of ether oxygens (including phenoxy) is 1. The number of piperidine rings is 1. The summed E-state index contributed by atoms with van der Waals surface area (Å²) in [7, 11) is 0. The molecule has 3 aliphatic heterocycles. The van der Waals surface area contributed by atoms with Crippen molar-refractivity contribution < 1.29 is 37.1 Å². The van der Waals surface area contributed by atoms with Crippen molar-refractivity contribution in [3.8, 4) is 11.8 Å². The van der Waals surface area contributed by atoms with Gasteiger partial charge < -0.3 is 9.64 Å². The van der Waals surface area contributed by atoms with Crippen molar-refractivity contribution in [3.63, 3.8) is 0 Å². The Kier molecular flexibility index (Phi) is 12.9. The maximum Gasteiger partial charge on any atom is 0.417 e. The fourth-order valence-electron chi connectivity index (χ4n) is 8.10. The molecule has 0 saturated carbocycles. The number of nitriles is 1. The Balaban J connectivity index is 1.03. The number of piperazine rings is 1. The van der Waals surface area contributed by atoms with Crippen molar-refractivity contribution in [2.24, 2.45) is 5.92 Å². The van der Waals surface area contributed by atoms with Crippen LogP contribution in [0.3, 0.4) is 0 Å². The molecule has 3 saturated heterocycles. The number of Topliss-reactive ketones (excluding diaryl/α,β-unsaturated/α-hetero) is 1. The van der Waals surface area contributed by atoms with Gasteiger partial charge in [-0.3, -0.25) is 39.2 Å². The molecule has 11 nitrogen and oxygen atoms in total. The highest BCUT2D eigenvalue weighted by molar-refractivity contribution is 7.81. The quantitative estimate of drug-likeness (QED) is 0.153. The van der Waals surface area contributed by atoms with Crippen LogP contribution in [0.5, 0.6) is 5.75 Å². The van der Waals surface area contributed by atoms with Gasteiger partial charge in [-0.05, 0) is 105 Å². The van der Waals surface area contributed by atoms with Crippen LogP contribution in [-0.4, -0.2) is 89.3 Å². The lowest BCUT2D eigenvalue weighted by Crippen LogP contribution is -2.53. The number of alkyl halides is 3. The van der Waals surface area contributed by atoms with Gasteiger partial charge in [-0.25, -0.2) is 0 Å². The van der Waals surface area contributed by atoms with Gasteiger partial charge >= 0.3 is 6.18 Å². The monoisotopic (exact) mass is 830 g/mol.